The zero-order valence-electron chi connectivity index (χ0n) is 11.1. The number of hydrogen-bond donors (Lipinski definition) is 1. The largest absolute Gasteiger partial charge is 0.390 e. The molecule has 0 aromatic rings. The van der Waals surface area contributed by atoms with Crippen LogP contribution >= 0.6 is 0 Å². The molecule has 1 heterocycles. The van der Waals surface area contributed by atoms with Crippen LogP contribution in [-0.2, 0) is 0 Å². The molecule has 2 heteroatoms. The Bertz CT molecular complexity index is 229. The number of aliphatic hydroxyl groups is 1. The van der Waals surface area contributed by atoms with Gasteiger partial charge in [-0.3, -0.25) is 0 Å². The van der Waals surface area contributed by atoms with E-state index in [4.69, 9.17) is 0 Å². The van der Waals surface area contributed by atoms with E-state index in [1.54, 1.807) is 0 Å². The minimum absolute atomic E-state index is 0.399. The second-order valence-corrected chi connectivity index (χ2v) is 6.45. The topological polar surface area (TPSA) is 23.5 Å². The van der Waals surface area contributed by atoms with Gasteiger partial charge < -0.3 is 10.0 Å². The maximum absolute atomic E-state index is 9.96. The molecule has 3 unspecified atom stereocenters. The number of nitrogens with zero attached hydrogens (tertiary/aromatic N) is 1. The Balaban J connectivity index is 1.85. The summed E-state index contributed by atoms with van der Waals surface area (Å²) < 4.78 is 0. The van der Waals surface area contributed by atoms with Crippen molar-refractivity contribution in [3.05, 3.63) is 0 Å². The minimum atomic E-state index is -0.399. The van der Waals surface area contributed by atoms with E-state index < -0.39 is 5.60 Å². The first-order valence-electron chi connectivity index (χ1n) is 6.94. The molecule has 0 aromatic heterocycles. The van der Waals surface area contributed by atoms with Crippen molar-refractivity contribution in [1.29, 1.82) is 0 Å². The van der Waals surface area contributed by atoms with Gasteiger partial charge >= 0.3 is 0 Å². The Kier molecular flexibility index (Phi) is 3.60. The average Bonchev–Trinajstić information content (AvgIpc) is 2.22. The van der Waals surface area contributed by atoms with Crippen LogP contribution in [0.3, 0.4) is 0 Å². The quantitative estimate of drug-likeness (QED) is 0.741. The summed E-state index contributed by atoms with van der Waals surface area (Å²) in [4.78, 5) is 2.63. The second kappa shape index (κ2) is 4.66. The van der Waals surface area contributed by atoms with Crippen LogP contribution in [0.2, 0.25) is 0 Å². The highest BCUT2D eigenvalue weighted by molar-refractivity contribution is 4.88. The molecule has 1 saturated heterocycles. The van der Waals surface area contributed by atoms with E-state index >= 15 is 0 Å². The van der Waals surface area contributed by atoms with E-state index in [0.29, 0.717) is 0 Å². The fourth-order valence-corrected chi connectivity index (χ4v) is 3.22. The molecule has 2 rings (SSSR count). The van der Waals surface area contributed by atoms with E-state index in [9.17, 15) is 5.11 Å². The van der Waals surface area contributed by atoms with Crippen LogP contribution in [0.1, 0.15) is 52.9 Å². The van der Waals surface area contributed by atoms with Crippen LogP contribution < -0.4 is 0 Å². The first-order valence-corrected chi connectivity index (χ1v) is 6.94. The SMILES string of the molecule is CC1CCC(N2CCC(C)(O)CC2)CC1C. The van der Waals surface area contributed by atoms with Gasteiger partial charge in [-0.2, -0.15) is 0 Å². The maximum Gasteiger partial charge on any atom is 0.0644 e. The standard InChI is InChI=1S/C14H27NO/c1-11-4-5-13(10-12(11)2)15-8-6-14(3,16)7-9-15/h11-13,16H,4-10H2,1-3H3. The molecule has 1 aliphatic heterocycles. The van der Waals surface area contributed by atoms with Crippen molar-refractivity contribution in [3.8, 4) is 0 Å². The van der Waals surface area contributed by atoms with E-state index in [1.165, 1.54) is 19.3 Å². The van der Waals surface area contributed by atoms with Gasteiger partial charge in [-0.15, -0.1) is 0 Å². The molecule has 3 atom stereocenters. The molecule has 0 aromatic carbocycles. The van der Waals surface area contributed by atoms with Crippen molar-refractivity contribution < 1.29 is 5.11 Å². The lowest BCUT2D eigenvalue weighted by Crippen LogP contribution is -2.48. The normalized spacial score (nSPS) is 40.9. The molecule has 1 saturated carbocycles. The first-order chi connectivity index (χ1) is 7.48. The smallest absolute Gasteiger partial charge is 0.0644 e. The second-order valence-electron chi connectivity index (χ2n) is 6.45. The Morgan fingerprint density at radius 1 is 1.06 bits per heavy atom. The van der Waals surface area contributed by atoms with Crippen LogP contribution in [0, 0.1) is 11.8 Å². The lowest BCUT2D eigenvalue weighted by Gasteiger charge is -2.44. The third-order valence-corrected chi connectivity index (χ3v) is 4.96. The zero-order chi connectivity index (χ0) is 11.8. The summed E-state index contributed by atoms with van der Waals surface area (Å²) in [6, 6.07) is 0.794. The number of hydrogen-bond acceptors (Lipinski definition) is 2. The molecule has 1 N–H and O–H groups in total. The van der Waals surface area contributed by atoms with Crippen LogP contribution in [0.25, 0.3) is 0 Å². The van der Waals surface area contributed by atoms with Crippen molar-refractivity contribution in [3.63, 3.8) is 0 Å². The van der Waals surface area contributed by atoms with E-state index in [2.05, 4.69) is 18.7 Å². The summed E-state index contributed by atoms with van der Waals surface area (Å²) in [7, 11) is 0. The Hall–Kier alpha value is -0.0800. The van der Waals surface area contributed by atoms with Crippen LogP contribution in [0.15, 0.2) is 0 Å². The monoisotopic (exact) mass is 225 g/mol. The van der Waals surface area contributed by atoms with Crippen molar-refractivity contribution in [2.75, 3.05) is 13.1 Å². The minimum Gasteiger partial charge on any atom is -0.390 e. The Morgan fingerprint density at radius 2 is 1.69 bits per heavy atom. The summed E-state index contributed by atoms with van der Waals surface area (Å²) >= 11 is 0. The molecular formula is C14H27NO. The van der Waals surface area contributed by atoms with E-state index in [0.717, 1.165) is 43.8 Å². The van der Waals surface area contributed by atoms with Gasteiger partial charge in [0.15, 0.2) is 0 Å². The molecule has 94 valence electrons. The molecule has 0 spiro atoms. The first kappa shape index (κ1) is 12.4. The molecule has 2 nitrogen and oxygen atoms in total. The van der Waals surface area contributed by atoms with Gasteiger partial charge in [0.1, 0.15) is 0 Å². The predicted octanol–water partition coefficient (Wildman–Crippen LogP) is 2.66. The van der Waals surface area contributed by atoms with Crippen LogP contribution in [0.5, 0.6) is 0 Å². The van der Waals surface area contributed by atoms with Gasteiger partial charge in [0.05, 0.1) is 5.60 Å². The highest BCUT2D eigenvalue weighted by atomic mass is 16.3. The van der Waals surface area contributed by atoms with Crippen molar-refractivity contribution in [1.82, 2.24) is 4.90 Å². The number of piperidine rings is 1. The van der Waals surface area contributed by atoms with Gasteiger partial charge in [-0.05, 0) is 50.9 Å². The third kappa shape index (κ3) is 2.78. The van der Waals surface area contributed by atoms with Crippen molar-refractivity contribution in [2.24, 2.45) is 11.8 Å². The van der Waals surface area contributed by atoms with Gasteiger partial charge in [-0.25, -0.2) is 0 Å². The average molecular weight is 225 g/mol. The molecule has 0 bridgehead atoms. The Morgan fingerprint density at radius 3 is 2.25 bits per heavy atom. The van der Waals surface area contributed by atoms with Gasteiger partial charge in [0.2, 0.25) is 0 Å². The summed E-state index contributed by atoms with van der Waals surface area (Å²) in [6.07, 6.45) is 6.02. The number of rotatable bonds is 1. The summed E-state index contributed by atoms with van der Waals surface area (Å²) in [5.41, 5.74) is -0.399. The molecule has 0 radical (unpaired) electrons. The summed E-state index contributed by atoms with van der Waals surface area (Å²) in [6.45, 7) is 8.96. The summed E-state index contributed by atoms with van der Waals surface area (Å²) in [5.74, 6) is 1.78. The van der Waals surface area contributed by atoms with Crippen LogP contribution in [0.4, 0.5) is 0 Å². The fourth-order valence-electron chi connectivity index (χ4n) is 3.22. The molecule has 2 aliphatic rings. The molecule has 16 heavy (non-hydrogen) atoms. The molecule has 1 aliphatic carbocycles. The maximum atomic E-state index is 9.96. The zero-order valence-corrected chi connectivity index (χ0v) is 11.1. The fraction of sp³-hybridized carbons (Fsp3) is 1.00. The molecular weight excluding hydrogens is 198 g/mol. The summed E-state index contributed by atoms with van der Waals surface area (Å²) in [5, 5.41) is 9.96. The molecule has 0 amide bonds. The van der Waals surface area contributed by atoms with Crippen molar-refractivity contribution >= 4 is 0 Å². The van der Waals surface area contributed by atoms with Gasteiger partial charge in [-0.1, -0.05) is 13.8 Å². The van der Waals surface area contributed by atoms with Crippen LogP contribution in [-0.4, -0.2) is 34.7 Å². The van der Waals surface area contributed by atoms with E-state index in [1.807, 2.05) is 6.92 Å². The lowest BCUT2D eigenvalue weighted by atomic mass is 9.78. The number of likely N-dealkylation sites (tertiary alicyclic amines) is 1. The Labute approximate surface area is 100 Å². The van der Waals surface area contributed by atoms with Gasteiger partial charge in [0, 0.05) is 19.1 Å². The third-order valence-electron chi connectivity index (χ3n) is 4.96. The lowest BCUT2D eigenvalue weighted by molar-refractivity contribution is -0.0259. The highest BCUT2D eigenvalue weighted by Crippen LogP contribution is 2.34. The van der Waals surface area contributed by atoms with Crippen molar-refractivity contribution in [2.45, 2.75) is 64.5 Å². The van der Waals surface area contributed by atoms with E-state index in [-0.39, 0.29) is 0 Å². The van der Waals surface area contributed by atoms with Gasteiger partial charge in [0.25, 0.3) is 0 Å². The highest BCUT2D eigenvalue weighted by Gasteiger charge is 2.33. The predicted molar refractivity (Wildman–Crippen MR) is 67.4 cm³/mol. The molecule has 2 fully saturated rings.